The number of methoxy groups -OCH3 is 1. The van der Waals surface area contributed by atoms with Gasteiger partial charge in [0.2, 0.25) is 11.8 Å². The van der Waals surface area contributed by atoms with E-state index in [1.54, 1.807) is 54.8 Å². The van der Waals surface area contributed by atoms with Gasteiger partial charge in [-0.3, -0.25) is 14.4 Å². The predicted molar refractivity (Wildman–Crippen MR) is 148 cm³/mol. The van der Waals surface area contributed by atoms with Crippen LogP contribution < -0.4 is 20.5 Å². The zero-order valence-electron chi connectivity index (χ0n) is 21.0. The maximum atomic E-state index is 13.6. The van der Waals surface area contributed by atoms with Crippen LogP contribution in [0.2, 0.25) is 5.02 Å². The standard InChI is InChI=1S/C27H23ClN4O6S/c1-3-38-27(36)23-18-14-39-25(22(18)26(35)32(30-23)17-8-6-7-16(28)12-17)29-24(34)15-11-21(33)31(13-15)19-9-4-5-10-20(19)37-2/h4-10,12,14-15H,3,11,13H2,1-2H3,(H,29,34). The Hall–Kier alpha value is -4.22. The summed E-state index contributed by atoms with van der Waals surface area (Å²) in [5, 5.41) is 9.65. The molecule has 3 heterocycles. The molecule has 1 N–H and O–H groups in total. The van der Waals surface area contributed by atoms with E-state index >= 15 is 0 Å². The number of halogens is 1. The number of carbonyl (C=O) groups excluding carboxylic acids is 3. The van der Waals surface area contributed by atoms with Crippen molar-refractivity contribution in [3.63, 3.8) is 0 Å². The molecule has 2 aromatic carbocycles. The van der Waals surface area contributed by atoms with Crippen molar-refractivity contribution in [1.82, 2.24) is 9.78 Å². The second-order valence-corrected chi connectivity index (χ2v) is 10.0. The average Bonchev–Trinajstić information content (AvgIpc) is 3.53. The number of fused-ring (bicyclic) bond motifs is 1. The van der Waals surface area contributed by atoms with Crippen LogP contribution in [0.1, 0.15) is 23.8 Å². The second kappa shape index (κ2) is 10.9. The molecule has 12 heteroatoms. The van der Waals surface area contributed by atoms with E-state index in [9.17, 15) is 19.2 Å². The fourth-order valence-corrected chi connectivity index (χ4v) is 5.58. The number of ether oxygens (including phenoxy) is 2. The van der Waals surface area contributed by atoms with Crippen molar-refractivity contribution < 1.29 is 23.9 Å². The minimum absolute atomic E-state index is 0.00440. The van der Waals surface area contributed by atoms with Crippen molar-refractivity contribution in [1.29, 1.82) is 0 Å². The number of thiophene rings is 1. The number of amides is 2. The lowest BCUT2D eigenvalue weighted by Crippen LogP contribution is -2.29. The maximum Gasteiger partial charge on any atom is 0.359 e. The molecule has 10 nitrogen and oxygen atoms in total. The zero-order chi connectivity index (χ0) is 27.7. The molecule has 5 rings (SSSR count). The Kier molecular flexibility index (Phi) is 7.36. The highest BCUT2D eigenvalue weighted by Gasteiger charge is 2.37. The molecule has 1 saturated heterocycles. The van der Waals surface area contributed by atoms with Crippen molar-refractivity contribution in [2.24, 2.45) is 5.92 Å². The fourth-order valence-electron chi connectivity index (χ4n) is 4.46. The van der Waals surface area contributed by atoms with Gasteiger partial charge in [0.15, 0.2) is 5.69 Å². The SMILES string of the molecule is CCOC(=O)c1nn(-c2cccc(Cl)c2)c(=O)c2c(NC(=O)C3CC(=O)N(c4ccccc4OC)C3)scc12. The van der Waals surface area contributed by atoms with Crippen LogP contribution in [0.5, 0.6) is 5.75 Å². The summed E-state index contributed by atoms with van der Waals surface area (Å²) in [7, 11) is 1.51. The third-order valence-electron chi connectivity index (χ3n) is 6.28. The first kappa shape index (κ1) is 26.4. The van der Waals surface area contributed by atoms with E-state index in [2.05, 4.69) is 10.4 Å². The van der Waals surface area contributed by atoms with Gasteiger partial charge in [-0.05, 0) is 37.3 Å². The number of benzene rings is 2. The number of aromatic nitrogens is 2. The molecule has 0 spiro atoms. The maximum absolute atomic E-state index is 13.6. The molecule has 4 aromatic rings. The number of esters is 1. The lowest BCUT2D eigenvalue weighted by molar-refractivity contribution is -0.122. The summed E-state index contributed by atoms with van der Waals surface area (Å²) in [5.41, 5.74) is 0.310. The van der Waals surface area contributed by atoms with Gasteiger partial charge in [-0.25, -0.2) is 4.79 Å². The lowest BCUT2D eigenvalue weighted by Gasteiger charge is -2.19. The van der Waals surface area contributed by atoms with Crippen LogP contribution in [-0.4, -0.2) is 47.8 Å². The van der Waals surface area contributed by atoms with Gasteiger partial charge in [0, 0.05) is 28.8 Å². The van der Waals surface area contributed by atoms with Crippen LogP contribution in [0.25, 0.3) is 16.5 Å². The lowest BCUT2D eigenvalue weighted by atomic mass is 10.1. The molecular weight excluding hydrogens is 544 g/mol. The van der Waals surface area contributed by atoms with Crippen LogP contribution in [0.15, 0.2) is 58.7 Å². The molecule has 0 bridgehead atoms. The Bertz CT molecular complexity index is 1670. The summed E-state index contributed by atoms with van der Waals surface area (Å²) >= 11 is 7.21. The summed E-state index contributed by atoms with van der Waals surface area (Å²) in [6.45, 7) is 1.93. The third kappa shape index (κ3) is 4.98. The van der Waals surface area contributed by atoms with Gasteiger partial charge in [0.05, 0.1) is 36.4 Å². The summed E-state index contributed by atoms with van der Waals surface area (Å²) in [6, 6.07) is 13.6. The van der Waals surface area contributed by atoms with Crippen LogP contribution in [0.3, 0.4) is 0 Å². The molecule has 0 radical (unpaired) electrons. The second-order valence-electron chi connectivity index (χ2n) is 8.69. The Morgan fingerprint density at radius 3 is 2.72 bits per heavy atom. The molecule has 1 fully saturated rings. The zero-order valence-corrected chi connectivity index (χ0v) is 22.5. The van der Waals surface area contributed by atoms with Crippen molar-refractivity contribution >= 4 is 62.2 Å². The van der Waals surface area contributed by atoms with Crippen molar-refractivity contribution in [3.8, 4) is 11.4 Å². The van der Waals surface area contributed by atoms with Crippen LogP contribution in [0, 0.1) is 5.92 Å². The van der Waals surface area contributed by atoms with E-state index in [1.807, 2.05) is 0 Å². The van der Waals surface area contributed by atoms with E-state index in [4.69, 9.17) is 21.1 Å². The molecule has 0 saturated carbocycles. The van der Waals surface area contributed by atoms with E-state index in [0.29, 0.717) is 22.1 Å². The smallest absolute Gasteiger partial charge is 0.359 e. The molecule has 1 aliphatic rings. The molecule has 2 aromatic heterocycles. The van der Waals surface area contributed by atoms with Gasteiger partial charge in [-0.15, -0.1) is 11.3 Å². The normalized spacial score (nSPS) is 15.0. The first-order chi connectivity index (χ1) is 18.8. The fraction of sp³-hybridized carbons (Fsp3) is 0.222. The average molecular weight is 567 g/mol. The molecule has 1 aliphatic heterocycles. The molecular formula is C27H23ClN4O6S. The van der Waals surface area contributed by atoms with Crippen LogP contribution in [-0.2, 0) is 14.3 Å². The van der Waals surface area contributed by atoms with E-state index in [0.717, 1.165) is 16.0 Å². The number of anilines is 2. The molecule has 2 amide bonds. The molecule has 0 aliphatic carbocycles. The third-order valence-corrected chi connectivity index (χ3v) is 7.41. The quantitative estimate of drug-likeness (QED) is 0.332. The van der Waals surface area contributed by atoms with Gasteiger partial charge < -0.3 is 19.7 Å². The highest BCUT2D eigenvalue weighted by Crippen LogP contribution is 2.35. The number of nitrogens with zero attached hydrogens (tertiary/aromatic N) is 3. The molecule has 1 atom stereocenters. The van der Waals surface area contributed by atoms with Gasteiger partial charge in [0.25, 0.3) is 5.56 Å². The summed E-state index contributed by atoms with van der Waals surface area (Å²) < 4.78 is 11.6. The van der Waals surface area contributed by atoms with Crippen LogP contribution >= 0.6 is 22.9 Å². The number of nitrogens with one attached hydrogen (secondary N) is 1. The predicted octanol–water partition coefficient (Wildman–Crippen LogP) is 4.28. The van der Waals surface area contributed by atoms with E-state index in [-0.39, 0.29) is 46.9 Å². The first-order valence-electron chi connectivity index (χ1n) is 12.0. The number of carbonyl (C=O) groups is 3. The van der Waals surface area contributed by atoms with E-state index < -0.39 is 23.4 Å². The monoisotopic (exact) mass is 566 g/mol. The molecule has 200 valence electrons. The van der Waals surface area contributed by atoms with Crippen molar-refractivity contribution in [3.05, 3.63) is 75.0 Å². The van der Waals surface area contributed by atoms with Gasteiger partial charge >= 0.3 is 5.97 Å². The minimum Gasteiger partial charge on any atom is -0.495 e. The Balaban J connectivity index is 1.51. The summed E-state index contributed by atoms with van der Waals surface area (Å²) in [6.07, 6.45) is -0.00440. The Morgan fingerprint density at radius 2 is 1.97 bits per heavy atom. The Labute approximate surface area is 231 Å². The largest absolute Gasteiger partial charge is 0.495 e. The van der Waals surface area contributed by atoms with Crippen molar-refractivity contribution in [2.75, 3.05) is 30.5 Å². The summed E-state index contributed by atoms with van der Waals surface area (Å²) in [4.78, 5) is 54.0. The van der Waals surface area contributed by atoms with Gasteiger partial charge in [-0.2, -0.15) is 9.78 Å². The number of para-hydroxylation sites is 2. The van der Waals surface area contributed by atoms with E-state index in [1.165, 1.54) is 18.1 Å². The molecule has 1 unspecified atom stereocenters. The first-order valence-corrected chi connectivity index (χ1v) is 13.3. The topological polar surface area (TPSA) is 120 Å². The minimum atomic E-state index is -0.706. The number of rotatable bonds is 7. The summed E-state index contributed by atoms with van der Waals surface area (Å²) in [5.74, 6) is -1.49. The highest BCUT2D eigenvalue weighted by molar-refractivity contribution is 7.16. The van der Waals surface area contributed by atoms with Gasteiger partial charge in [-0.1, -0.05) is 29.8 Å². The number of hydrogen-bond acceptors (Lipinski definition) is 8. The molecule has 39 heavy (non-hydrogen) atoms. The highest BCUT2D eigenvalue weighted by atomic mass is 35.5. The van der Waals surface area contributed by atoms with Gasteiger partial charge in [0.1, 0.15) is 10.8 Å². The number of hydrogen-bond donors (Lipinski definition) is 1. The van der Waals surface area contributed by atoms with Crippen LogP contribution in [0.4, 0.5) is 10.7 Å². The Morgan fingerprint density at radius 1 is 1.18 bits per heavy atom. The van der Waals surface area contributed by atoms with Crippen molar-refractivity contribution in [2.45, 2.75) is 13.3 Å².